The van der Waals surface area contributed by atoms with Crippen molar-refractivity contribution in [3.63, 3.8) is 0 Å². The number of rotatable bonds is 4. The Balaban J connectivity index is 2.25. The first-order valence-electron chi connectivity index (χ1n) is 6.60. The monoisotopic (exact) mass is 299 g/mol. The molecule has 1 fully saturated rings. The molecule has 2 heterocycles. The smallest absolute Gasteiger partial charge is 0.244 e. The molecule has 6 nitrogen and oxygen atoms in total. The van der Waals surface area contributed by atoms with Crippen LogP contribution in [0, 0.1) is 0 Å². The van der Waals surface area contributed by atoms with Gasteiger partial charge in [0.1, 0.15) is 10.7 Å². The Hall–Kier alpha value is -1.18. The van der Waals surface area contributed by atoms with Gasteiger partial charge in [0.2, 0.25) is 10.0 Å². The number of anilines is 1. The van der Waals surface area contributed by atoms with Crippen LogP contribution < -0.4 is 5.32 Å². The van der Waals surface area contributed by atoms with Crippen LogP contribution in [0.1, 0.15) is 19.8 Å². The molecule has 1 aromatic heterocycles. The van der Waals surface area contributed by atoms with Gasteiger partial charge in [-0.2, -0.15) is 4.31 Å². The lowest BCUT2D eigenvalue weighted by atomic mass is 9.96. The average molecular weight is 299 g/mol. The molecule has 1 aliphatic rings. The number of ether oxygens (including phenoxy) is 1. The summed E-state index contributed by atoms with van der Waals surface area (Å²) in [4.78, 5) is 4.29. The molecule has 2 rings (SSSR count). The van der Waals surface area contributed by atoms with Crippen molar-refractivity contribution in [3.8, 4) is 0 Å². The average Bonchev–Trinajstić information content (AvgIpc) is 2.47. The third-order valence-corrected chi connectivity index (χ3v) is 5.58. The van der Waals surface area contributed by atoms with Crippen LogP contribution >= 0.6 is 0 Å². The summed E-state index contributed by atoms with van der Waals surface area (Å²) in [5.74, 6) is 0.643. The predicted octanol–water partition coefficient (Wildman–Crippen LogP) is 1.31. The first-order chi connectivity index (χ1) is 9.41. The summed E-state index contributed by atoms with van der Waals surface area (Å²) in [5.41, 5.74) is -0.413. The number of pyridine rings is 1. The second-order valence-electron chi connectivity index (χ2n) is 5.23. The van der Waals surface area contributed by atoms with E-state index in [9.17, 15) is 8.42 Å². The molecule has 0 amide bonds. The number of methoxy groups -OCH3 is 1. The van der Waals surface area contributed by atoms with Gasteiger partial charge in [-0.25, -0.2) is 13.4 Å². The lowest BCUT2D eigenvalue weighted by Crippen LogP contribution is -2.49. The molecule has 1 aromatic rings. The van der Waals surface area contributed by atoms with E-state index in [0.29, 0.717) is 18.9 Å². The lowest BCUT2D eigenvalue weighted by molar-refractivity contribution is -0.0319. The Morgan fingerprint density at radius 2 is 2.20 bits per heavy atom. The number of hydrogen-bond donors (Lipinski definition) is 1. The molecule has 1 aliphatic heterocycles. The maximum absolute atomic E-state index is 12.6. The maximum atomic E-state index is 12.6. The zero-order valence-electron chi connectivity index (χ0n) is 12.1. The third kappa shape index (κ3) is 2.94. The quantitative estimate of drug-likeness (QED) is 0.907. The number of hydrogen-bond acceptors (Lipinski definition) is 5. The molecular weight excluding hydrogens is 278 g/mol. The van der Waals surface area contributed by atoms with Gasteiger partial charge in [0.25, 0.3) is 0 Å². The van der Waals surface area contributed by atoms with Gasteiger partial charge in [-0.3, -0.25) is 0 Å². The molecule has 1 unspecified atom stereocenters. The number of aromatic nitrogens is 1. The van der Waals surface area contributed by atoms with Crippen LogP contribution in [0.15, 0.2) is 23.2 Å². The Bertz CT molecular complexity index is 559. The summed E-state index contributed by atoms with van der Waals surface area (Å²) in [6.45, 7) is 2.84. The molecule has 20 heavy (non-hydrogen) atoms. The summed E-state index contributed by atoms with van der Waals surface area (Å²) in [6, 6.07) is 3.24. The molecule has 112 valence electrons. The van der Waals surface area contributed by atoms with Gasteiger partial charge in [-0.1, -0.05) is 0 Å². The van der Waals surface area contributed by atoms with E-state index in [1.807, 2.05) is 6.92 Å². The fourth-order valence-electron chi connectivity index (χ4n) is 2.36. The van der Waals surface area contributed by atoms with Gasteiger partial charge in [0, 0.05) is 33.4 Å². The van der Waals surface area contributed by atoms with Crippen molar-refractivity contribution in [2.75, 3.05) is 32.6 Å². The van der Waals surface area contributed by atoms with Gasteiger partial charge >= 0.3 is 0 Å². The molecule has 0 bridgehead atoms. The van der Waals surface area contributed by atoms with Gasteiger partial charge in [-0.05, 0) is 31.9 Å². The SMILES string of the molecule is CNc1ccc(S(=O)(=O)N2CCCC(C)(OC)C2)cn1. The predicted molar refractivity (Wildman–Crippen MR) is 77.2 cm³/mol. The lowest BCUT2D eigenvalue weighted by Gasteiger charge is -2.38. The second kappa shape index (κ2) is 5.67. The van der Waals surface area contributed by atoms with Gasteiger partial charge in [0.15, 0.2) is 0 Å². The molecule has 0 radical (unpaired) electrons. The minimum absolute atomic E-state index is 0.219. The Kier molecular flexibility index (Phi) is 4.31. The first kappa shape index (κ1) is 15.2. The largest absolute Gasteiger partial charge is 0.377 e. The van der Waals surface area contributed by atoms with Gasteiger partial charge in [0.05, 0.1) is 5.60 Å². The van der Waals surface area contributed by atoms with E-state index in [1.165, 1.54) is 10.5 Å². The van der Waals surface area contributed by atoms with Crippen molar-refractivity contribution >= 4 is 15.8 Å². The van der Waals surface area contributed by atoms with Crippen molar-refractivity contribution < 1.29 is 13.2 Å². The summed E-state index contributed by atoms with van der Waals surface area (Å²) in [7, 11) is -0.139. The molecule has 7 heteroatoms. The van der Waals surface area contributed by atoms with E-state index in [1.54, 1.807) is 26.3 Å². The minimum atomic E-state index is -3.51. The van der Waals surface area contributed by atoms with E-state index >= 15 is 0 Å². The first-order valence-corrected chi connectivity index (χ1v) is 8.04. The zero-order chi connectivity index (χ0) is 14.8. The second-order valence-corrected chi connectivity index (χ2v) is 7.16. The summed E-state index contributed by atoms with van der Waals surface area (Å²) >= 11 is 0. The number of piperidine rings is 1. The van der Waals surface area contributed by atoms with Gasteiger partial charge < -0.3 is 10.1 Å². The van der Waals surface area contributed by atoms with E-state index in [-0.39, 0.29) is 4.90 Å². The summed E-state index contributed by atoms with van der Waals surface area (Å²) in [6.07, 6.45) is 3.05. The molecule has 0 aromatic carbocycles. The van der Waals surface area contributed by atoms with Crippen LogP contribution in [-0.2, 0) is 14.8 Å². The van der Waals surface area contributed by atoms with Crippen molar-refractivity contribution in [3.05, 3.63) is 18.3 Å². The molecular formula is C13H21N3O3S. The summed E-state index contributed by atoms with van der Waals surface area (Å²) < 4.78 is 32.1. The maximum Gasteiger partial charge on any atom is 0.244 e. The molecule has 0 aliphatic carbocycles. The summed E-state index contributed by atoms with van der Waals surface area (Å²) in [5, 5.41) is 2.87. The number of sulfonamides is 1. The van der Waals surface area contributed by atoms with Gasteiger partial charge in [-0.15, -0.1) is 0 Å². The van der Waals surface area contributed by atoms with E-state index < -0.39 is 15.6 Å². The highest BCUT2D eigenvalue weighted by Crippen LogP contribution is 2.28. The van der Waals surface area contributed by atoms with Crippen LogP contribution in [0.5, 0.6) is 0 Å². The fourth-order valence-corrected chi connectivity index (χ4v) is 3.90. The highest BCUT2D eigenvalue weighted by Gasteiger charge is 2.37. The third-order valence-electron chi connectivity index (χ3n) is 3.75. The zero-order valence-corrected chi connectivity index (χ0v) is 12.9. The minimum Gasteiger partial charge on any atom is -0.377 e. The molecule has 0 saturated carbocycles. The van der Waals surface area contributed by atoms with Crippen LogP contribution in [-0.4, -0.2) is 50.6 Å². The van der Waals surface area contributed by atoms with Crippen LogP contribution in [0.4, 0.5) is 5.82 Å². The highest BCUT2D eigenvalue weighted by atomic mass is 32.2. The molecule has 1 atom stereocenters. The van der Waals surface area contributed by atoms with Crippen molar-refractivity contribution in [1.82, 2.24) is 9.29 Å². The number of nitrogens with zero attached hydrogens (tertiary/aromatic N) is 2. The van der Waals surface area contributed by atoms with Crippen LogP contribution in [0.25, 0.3) is 0 Å². The normalized spacial score (nSPS) is 24.6. The van der Waals surface area contributed by atoms with Crippen molar-refractivity contribution in [2.24, 2.45) is 0 Å². The van der Waals surface area contributed by atoms with E-state index in [4.69, 9.17) is 4.74 Å². The Labute approximate surface area is 120 Å². The van der Waals surface area contributed by atoms with Crippen LogP contribution in [0.3, 0.4) is 0 Å². The van der Waals surface area contributed by atoms with E-state index in [0.717, 1.165) is 12.8 Å². The fraction of sp³-hybridized carbons (Fsp3) is 0.615. The Morgan fingerprint density at radius 1 is 1.45 bits per heavy atom. The number of nitrogens with one attached hydrogen (secondary N) is 1. The van der Waals surface area contributed by atoms with Crippen molar-refractivity contribution in [1.29, 1.82) is 0 Å². The Morgan fingerprint density at radius 3 is 2.75 bits per heavy atom. The molecule has 1 saturated heterocycles. The van der Waals surface area contributed by atoms with E-state index in [2.05, 4.69) is 10.3 Å². The highest BCUT2D eigenvalue weighted by molar-refractivity contribution is 7.89. The topological polar surface area (TPSA) is 71.5 Å². The van der Waals surface area contributed by atoms with Crippen molar-refractivity contribution in [2.45, 2.75) is 30.3 Å². The molecule has 1 N–H and O–H groups in total. The van der Waals surface area contributed by atoms with Crippen LogP contribution in [0.2, 0.25) is 0 Å². The molecule has 0 spiro atoms. The standard InChI is InChI=1S/C13H21N3O3S/c1-13(19-3)7-4-8-16(10-13)20(17,18)11-5-6-12(14-2)15-9-11/h5-6,9H,4,7-8,10H2,1-3H3,(H,14,15).